The highest BCUT2D eigenvalue weighted by atomic mass is 16.6. The Bertz CT molecular complexity index is 584. The molecule has 0 fully saturated rings. The normalized spacial score (nSPS) is 14.0. The summed E-state index contributed by atoms with van der Waals surface area (Å²) in [6, 6.07) is 6.83. The van der Waals surface area contributed by atoms with Crippen LogP contribution in [0.2, 0.25) is 0 Å². The van der Waals surface area contributed by atoms with Gasteiger partial charge in [-0.15, -0.1) is 0 Å². The van der Waals surface area contributed by atoms with E-state index in [-0.39, 0.29) is 11.8 Å². The summed E-state index contributed by atoms with van der Waals surface area (Å²) < 4.78 is 5.13. The summed E-state index contributed by atoms with van der Waals surface area (Å²) in [5.41, 5.74) is 0.401. The third-order valence-electron chi connectivity index (χ3n) is 3.35. The maximum atomic E-state index is 12.2. The average Bonchev–Trinajstić information content (AvgIpc) is 2.70. The Hall–Kier alpha value is -2.37. The summed E-state index contributed by atoms with van der Waals surface area (Å²) in [6.07, 6.45) is 0.826. The van der Waals surface area contributed by atoms with Gasteiger partial charge in [0.25, 0.3) is 11.8 Å². The largest absolute Gasteiger partial charge is 0.444 e. The molecule has 6 heteroatoms. The molecular formula is C17H22N2O4. The van der Waals surface area contributed by atoms with Gasteiger partial charge in [0, 0.05) is 13.1 Å². The van der Waals surface area contributed by atoms with Gasteiger partial charge in [-0.05, 0) is 45.7 Å². The lowest BCUT2D eigenvalue weighted by Gasteiger charge is -2.19. The van der Waals surface area contributed by atoms with E-state index in [9.17, 15) is 14.4 Å². The van der Waals surface area contributed by atoms with Gasteiger partial charge in [-0.3, -0.25) is 14.5 Å². The lowest BCUT2D eigenvalue weighted by molar-refractivity contribution is 0.0522. The van der Waals surface area contributed by atoms with Crippen molar-refractivity contribution in [3.63, 3.8) is 0 Å². The van der Waals surface area contributed by atoms with Gasteiger partial charge in [-0.2, -0.15) is 0 Å². The summed E-state index contributed by atoms with van der Waals surface area (Å²) in [4.78, 5) is 37.0. The number of alkyl carbamates (subject to hydrolysis) is 1. The van der Waals surface area contributed by atoms with Gasteiger partial charge >= 0.3 is 6.09 Å². The first-order valence-electron chi connectivity index (χ1n) is 7.71. The molecule has 0 radical (unpaired) electrons. The molecule has 0 aromatic heterocycles. The number of carbonyl (C=O) groups excluding carboxylic acids is 3. The second-order valence-corrected chi connectivity index (χ2v) is 6.44. The number of ether oxygens (including phenoxy) is 1. The van der Waals surface area contributed by atoms with Crippen molar-refractivity contribution in [2.75, 3.05) is 13.1 Å². The Kier molecular flexibility index (Phi) is 5.03. The summed E-state index contributed by atoms with van der Waals surface area (Å²) in [5, 5.41) is 2.65. The zero-order valence-corrected chi connectivity index (χ0v) is 13.7. The number of imide groups is 1. The molecule has 0 saturated heterocycles. The van der Waals surface area contributed by atoms with E-state index in [2.05, 4.69) is 5.32 Å². The van der Waals surface area contributed by atoms with Gasteiger partial charge in [0.15, 0.2) is 0 Å². The number of nitrogens with zero attached hydrogens (tertiary/aromatic N) is 1. The van der Waals surface area contributed by atoms with Crippen molar-refractivity contribution in [1.82, 2.24) is 10.2 Å². The molecule has 0 saturated carbocycles. The SMILES string of the molecule is CC(C)(C)OC(=O)NCCCCN1C(=O)c2ccccc2C1=O. The molecule has 124 valence electrons. The molecule has 1 aromatic carbocycles. The van der Waals surface area contributed by atoms with E-state index in [0.29, 0.717) is 37.1 Å². The van der Waals surface area contributed by atoms with E-state index < -0.39 is 11.7 Å². The fourth-order valence-electron chi connectivity index (χ4n) is 2.34. The molecule has 2 rings (SSSR count). The highest BCUT2D eigenvalue weighted by molar-refractivity contribution is 6.21. The molecule has 0 unspecified atom stereocenters. The molecule has 1 aliphatic rings. The maximum absolute atomic E-state index is 12.2. The van der Waals surface area contributed by atoms with Crippen molar-refractivity contribution in [3.05, 3.63) is 35.4 Å². The van der Waals surface area contributed by atoms with Crippen LogP contribution in [0.1, 0.15) is 54.3 Å². The zero-order chi connectivity index (χ0) is 17.0. The number of unbranched alkanes of at least 4 members (excludes halogenated alkanes) is 1. The third-order valence-corrected chi connectivity index (χ3v) is 3.35. The van der Waals surface area contributed by atoms with E-state index in [1.54, 1.807) is 45.0 Å². The van der Waals surface area contributed by atoms with Crippen LogP contribution in [0, 0.1) is 0 Å². The van der Waals surface area contributed by atoms with Crippen molar-refractivity contribution < 1.29 is 19.1 Å². The Morgan fingerprint density at radius 1 is 1.09 bits per heavy atom. The topological polar surface area (TPSA) is 75.7 Å². The van der Waals surface area contributed by atoms with Crippen LogP contribution in [-0.4, -0.2) is 41.5 Å². The molecule has 0 spiro atoms. The van der Waals surface area contributed by atoms with Crippen LogP contribution >= 0.6 is 0 Å². The maximum Gasteiger partial charge on any atom is 0.407 e. The third kappa shape index (κ3) is 4.31. The van der Waals surface area contributed by atoms with Crippen molar-refractivity contribution in [2.24, 2.45) is 0 Å². The number of nitrogens with one attached hydrogen (secondary N) is 1. The van der Waals surface area contributed by atoms with Gasteiger partial charge < -0.3 is 10.1 Å². The number of benzene rings is 1. The van der Waals surface area contributed by atoms with Crippen molar-refractivity contribution in [1.29, 1.82) is 0 Å². The summed E-state index contributed by atoms with van der Waals surface area (Å²) >= 11 is 0. The zero-order valence-electron chi connectivity index (χ0n) is 13.7. The van der Waals surface area contributed by atoms with Crippen LogP contribution in [0.5, 0.6) is 0 Å². The molecule has 3 amide bonds. The van der Waals surface area contributed by atoms with Crippen LogP contribution in [0.3, 0.4) is 0 Å². The molecule has 6 nitrogen and oxygen atoms in total. The quantitative estimate of drug-likeness (QED) is 0.669. The van der Waals surface area contributed by atoms with Crippen molar-refractivity contribution in [3.8, 4) is 0 Å². The fraction of sp³-hybridized carbons (Fsp3) is 0.471. The predicted molar refractivity (Wildman–Crippen MR) is 85.3 cm³/mol. The number of rotatable bonds is 5. The van der Waals surface area contributed by atoms with E-state index in [1.807, 2.05) is 0 Å². The lowest BCUT2D eigenvalue weighted by Crippen LogP contribution is -2.34. The Morgan fingerprint density at radius 2 is 1.65 bits per heavy atom. The second-order valence-electron chi connectivity index (χ2n) is 6.44. The number of carbonyl (C=O) groups is 3. The van der Waals surface area contributed by atoms with E-state index >= 15 is 0 Å². The van der Waals surface area contributed by atoms with Crippen molar-refractivity contribution >= 4 is 17.9 Å². The van der Waals surface area contributed by atoms with Crippen LogP contribution in [0.4, 0.5) is 4.79 Å². The Morgan fingerprint density at radius 3 is 2.17 bits per heavy atom. The predicted octanol–water partition coefficient (Wildman–Crippen LogP) is 2.59. The minimum absolute atomic E-state index is 0.245. The monoisotopic (exact) mass is 318 g/mol. The molecule has 0 aliphatic carbocycles. The first-order valence-corrected chi connectivity index (χ1v) is 7.71. The minimum atomic E-state index is -0.524. The van der Waals surface area contributed by atoms with Crippen LogP contribution in [0.15, 0.2) is 24.3 Å². The van der Waals surface area contributed by atoms with Crippen LogP contribution in [0.25, 0.3) is 0 Å². The van der Waals surface area contributed by atoms with Crippen LogP contribution < -0.4 is 5.32 Å². The van der Waals surface area contributed by atoms with Crippen LogP contribution in [-0.2, 0) is 4.74 Å². The van der Waals surface area contributed by atoms with Gasteiger partial charge in [0.1, 0.15) is 5.60 Å². The molecule has 0 atom stereocenters. The Labute approximate surface area is 135 Å². The molecule has 1 aromatic rings. The standard InChI is InChI=1S/C17H22N2O4/c1-17(2,3)23-16(22)18-10-6-7-11-19-14(20)12-8-4-5-9-13(12)15(19)21/h4-5,8-9H,6-7,10-11H2,1-3H3,(H,18,22). The van der Waals surface area contributed by atoms with Gasteiger partial charge in [-0.1, -0.05) is 12.1 Å². The first kappa shape index (κ1) is 17.0. The number of fused-ring (bicyclic) bond motifs is 1. The fourth-order valence-corrected chi connectivity index (χ4v) is 2.34. The molecule has 1 N–H and O–H groups in total. The highest BCUT2D eigenvalue weighted by Gasteiger charge is 2.34. The summed E-state index contributed by atoms with van der Waals surface area (Å²) in [5.74, 6) is -0.489. The van der Waals surface area contributed by atoms with Gasteiger partial charge in [-0.25, -0.2) is 4.79 Å². The number of hydrogen-bond donors (Lipinski definition) is 1. The highest BCUT2D eigenvalue weighted by Crippen LogP contribution is 2.22. The molecule has 1 aliphatic heterocycles. The Balaban J connectivity index is 1.73. The number of amides is 3. The number of hydrogen-bond acceptors (Lipinski definition) is 4. The summed E-state index contributed by atoms with van der Waals surface area (Å²) in [6.45, 7) is 6.19. The van der Waals surface area contributed by atoms with Gasteiger partial charge in [0.05, 0.1) is 11.1 Å². The molecular weight excluding hydrogens is 296 g/mol. The summed E-state index contributed by atoms with van der Waals surface area (Å²) in [7, 11) is 0. The van der Waals surface area contributed by atoms with Crippen molar-refractivity contribution in [2.45, 2.75) is 39.2 Å². The lowest BCUT2D eigenvalue weighted by atomic mass is 10.1. The van der Waals surface area contributed by atoms with Gasteiger partial charge in [0.2, 0.25) is 0 Å². The smallest absolute Gasteiger partial charge is 0.407 e. The average molecular weight is 318 g/mol. The second kappa shape index (κ2) is 6.81. The van der Waals surface area contributed by atoms with E-state index in [1.165, 1.54) is 4.90 Å². The first-order chi connectivity index (χ1) is 10.8. The van der Waals surface area contributed by atoms with E-state index in [0.717, 1.165) is 0 Å². The molecule has 23 heavy (non-hydrogen) atoms. The molecule has 0 bridgehead atoms. The van der Waals surface area contributed by atoms with E-state index in [4.69, 9.17) is 4.74 Å². The molecule has 1 heterocycles. The minimum Gasteiger partial charge on any atom is -0.444 e.